The average molecular weight is 278 g/mol. The van der Waals surface area contributed by atoms with E-state index in [0.29, 0.717) is 6.10 Å². The van der Waals surface area contributed by atoms with Gasteiger partial charge in [0.05, 0.1) is 17.9 Å². The zero-order chi connectivity index (χ0) is 14.4. The number of ether oxygens (including phenoxy) is 2. The van der Waals surface area contributed by atoms with E-state index in [1.165, 1.54) is 0 Å². The van der Waals surface area contributed by atoms with Gasteiger partial charge in [0.15, 0.2) is 0 Å². The molecule has 1 heterocycles. The van der Waals surface area contributed by atoms with Crippen LogP contribution in [-0.2, 0) is 9.47 Å². The summed E-state index contributed by atoms with van der Waals surface area (Å²) in [6.07, 6.45) is 7.41. The lowest BCUT2D eigenvalue weighted by Crippen LogP contribution is -2.35. The Labute approximate surface area is 121 Å². The molecule has 1 aromatic heterocycles. The van der Waals surface area contributed by atoms with Gasteiger partial charge >= 0.3 is 0 Å². The highest BCUT2D eigenvalue weighted by atomic mass is 16.5. The fraction of sp³-hybridized carbons (Fsp3) is 0.688. The normalized spacial score (nSPS) is 26.1. The van der Waals surface area contributed by atoms with E-state index in [1.54, 1.807) is 13.3 Å². The minimum atomic E-state index is -0.123. The fourth-order valence-corrected chi connectivity index (χ4v) is 2.80. The smallest absolute Gasteiger partial charge is 0.115 e. The van der Waals surface area contributed by atoms with Crippen molar-refractivity contribution in [2.24, 2.45) is 5.73 Å². The van der Waals surface area contributed by atoms with Crippen molar-refractivity contribution in [3.05, 3.63) is 30.1 Å². The molecular weight excluding hydrogens is 252 g/mol. The SMILES string of the molecule is CCC(N)C(OC1CCCC(OC)C1)c1ccccn1. The predicted molar refractivity (Wildman–Crippen MR) is 79.4 cm³/mol. The van der Waals surface area contributed by atoms with Gasteiger partial charge in [0.1, 0.15) is 6.10 Å². The largest absolute Gasteiger partial charge is 0.381 e. The van der Waals surface area contributed by atoms with E-state index in [4.69, 9.17) is 15.2 Å². The maximum Gasteiger partial charge on any atom is 0.115 e. The molecule has 0 bridgehead atoms. The first-order chi connectivity index (χ1) is 9.74. The highest BCUT2D eigenvalue weighted by molar-refractivity contribution is 5.09. The molecule has 1 fully saturated rings. The van der Waals surface area contributed by atoms with Gasteiger partial charge in [-0.3, -0.25) is 4.98 Å². The zero-order valence-corrected chi connectivity index (χ0v) is 12.5. The number of nitrogens with two attached hydrogens (primary N) is 1. The van der Waals surface area contributed by atoms with Crippen LogP contribution in [0.1, 0.15) is 50.8 Å². The molecule has 20 heavy (non-hydrogen) atoms. The van der Waals surface area contributed by atoms with E-state index in [1.807, 2.05) is 18.2 Å². The number of hydrogen-bond donors (Lipinski definition) is 1. The van der Waals surface area contributed by atoms with Crippen molar-refractivity contribution < 1.29 is 9.47 Å². The molecule has 2 N–H and O–H groups in total. The molecule has 2 rings (SSSR count). The molecule has 1 saturated carbocycles. The van der Waals surface area contributed by atoms with Gasteiger partial charge in [-0.05, 0) is 44.2 Å². The second-order valence-corrected chi connectivity index (χ2v) is 5.53. The Morgan fingerprint density at radius 1 is 1.35 bits per heavy atom. The number of hydrogen-bond acceptors (Lipinski definition) is 4. The van der Waals surface area contributed by atoms with Crippen molar-refractivity contribution in [1.82, 2.24) is 4.98 Å². The van der Waals surface area contributed by atoms with Crippen LogP contribution in [0.2, 0.25) is 0 Å². The quantitative estimate of drug-likeness (QED) is 0.869. The standard InChI is InChI=1S/C16H26N2O2/c1-3-14(17)16(15-9-4-5-10-18-15)20-13-8-6-7-12(11-13)19-2/h4-5,9-10,12-14,16H,3,6-8,11,17H2,1-2H3. The van der Waals surface area contributed by atoms with Crippen LogP contribution in [-0.4, -0.2) is 30.3 Å². The van der Waals surface area contributed by atoms with Crippen LogP contribution < -0.4 is 5.73 Å². The summed E-state index contributed by atoms with van der Waals surface area (Å²) in [4.78, 5) is 4.42. The zero-order valence-electron chi connectivity index (χ0n) is 12.5. The summed E-state index contributed by atoms with van der Waals surface area (Å²) in [5.74, 6) is 0. The van der Waals surface area contributed by atoms with E-state index in [-0.39, 0.29) is 18.2 Å². The van der Waals surface area contributed by atoms with Crippen LogP contribution in [0.5, 0.6) is 0 Å². The van der Waals surface area contributed by atoms with Crippen LogP contribution in [0.3, 0.4) is 0 Å². The highest BCUT2D eigenvalue weighted by Gasteiger charge is 2.28. The molecule has 1 aliphatic rings. The van der Waals surface area contributed by atoms with E-state index < -0.39 is 0 Å². The van der Waals surface area contributed by atoms with Crippen LogP contribution in [0, 0.1) is 0 Å². The van der Waals surface area contributed by atoms with Crippen molar-refractivity contribution in [2.45, 2.75) is 63.4 Å². The summed E-state index contributed by atoms with van der Waals surface area (Å²) in [5, 5.41) is 0. The van der Waals surface area contributed by atoms with Crippen molar-refractivity contribution in [1.29, 1.82) is 0 Å². The summed E-state index contributed by atoms with van der Waals surface area (Å²) in [7, 11) is 1.78. The Kier molecular flexibility index (Phi) is 5.95. The van der Waals surface area contributed by atoms with Gasteiger partial charge in [-0.1, -0.05) is 13.0 Å². The predicted octanol–water partition coefficient (Wildman–Crippen LogP) is 2.83. The van der Waals surface area contributed by atoms with Crippen molar-refractivity contribution >= 4 is 0 Å². The number of aromatic nitrogens is 1. The molecule has 4 nitrogen and oxygen atoms in total. The highest BCUT2D eigenvalue weighted by Crippen LogP contribution is 2.29. The Bertz CT molecular complexity index is 385. The molecule has 112 valence electrons. The van der Waals surface area contributed by atoms with E-state index in [9.17, 15) is 0 Å². The second kappa shape index (κ2) is 7.72. The number of methoxy groups -OCH3 is 1. The topological polar surface area (TPSA) is 57.4 Å². The summed E-state index contributed by atoms with van der Waals surface area (Å²) < 4.78 is 11.8. The van der Waals surface area contributed by atoms with Crippen LogP contribution in [0.15, 0.2) is 24.4 Å². The van der Waals surface area contributed by atoms with Crippen LogP contribution in [0.4, 0.5) is 0 Å². The van der Waals surface area contributed by atoms with Crippen molar-refractivity contribution in [2.75, 3.05) is 7.11 Å². The van der Waals surface area contributed by atoms with Gasteiger partial charge in [-0.2, -0.15) is 0 Å². The summed E-state index contributed by atoms with van der Waals surface area (Å²) in [5.41, 5.74) is 7.17. The Hall–Kier alpha value is -0.970. The molecular formula is C16H26N2O2. The van der Waals surface area contributed by atoms with Gasteiger partial charge < -0.3 is 15.2 Å². The van der Waals surface area contributed by atoms with E-state index in [2.05, 4.69) is 11.9 Å². The van der Waals surface area contributed by atoms with Crippen molar-refractivity contribution in [3.8, 4) is 0 Å². The lowest BCUT2D eigenvalue weighted by Gasteiger charge is -2.33. The molecule has 0 aromatic carbocycles. The maximum absolute atomic E-state index is 6.29. The minimum Gasteiger partial charge on any atom is -0.381 e. The molecule has 0 spiro atoms. The summed E-state index contributed by atoms with van der Waals surface area (Å²) in [6.45, 7) is 2.09. The molecule has 0 radical (unpaired) electrons. The molecule has 4 heteroatoms. The van der Waals surface area contributed by atoms with E-state index in [0.717, 1.165) is 37.8 Å². The first-order valence-electron chi connectivity index (χ1n) is 7.59. The minimum absolute atomic E-state index is 0.0205. The summed E-state index contributed by atoms with van der Waals surface area (Å²) in [6, 6.07) is 5.88. The lowest BCUT2D eigenvalue weighted by atomic mass is 9.94. The molecule has 1 aliphatic carbocycles. The average Bonchev–Trinajstić information content (AvgIpc) is 2.53. The summed E-state index contributed by atoms with van der Waals surface area (Å²) >= 11 is 0. The first-order valence-corrected chi connectivity index (χ1v) is 7.59. The molecule has 1 aromatic rings. The second-order valence-electron chi connectivity index (χ2n) is 5.53. The lowest BCUT2D eigenvalue weighted by molar-refractivity contribution is -0.0759. The Balaban J connectivity index is 2.04. The Morgan fingerprint density at radius 2 is 2.15 bits per heavy atom. The van der Waals surface area contributed by atoms with Gasteiger partial charge in [-0.25, -0.2) is 0 Å². The first kappa shape index (κ1) is 15.4. The molecule has 0 aliphatic heterocycles. The third-order valence-corrected chi connectivity index (χ3v) is 4.09. The van der Waals surface area contributed by atoms with Crippen LogP contribution >= 0.6 is 0 Å². The number of rotatable bonds is 6. The third kappa shape index (κ3) is 4.01. The fourth-order valence-electron chi connectivity index (χ4n) is 2.80. The monoisotopic (exact) mass is 278 g/mol. The molecule has 0 saturated heterocycles. The number of nitrogens with zero attached hydrogens (tertiary/aromatic N) is 1. The maximum atomic E-state index is 6.29. The third-order valence-electron chi connectivity index (χ3n) is 4.09. The van der Waals surface area contributed by atoms with Gasteiger partial charge in [-0.15, -0.1) is 0 Å². The van der Waals surface area contributed by atoms with Crippen LogP contribution in [0.25, 0.3) is 0 Å². The van der Waals surface area contributed by atoms with Gasteiger partial charge in [0.25, 0.3) is 0 Å². The van der Waals surface area contributed by atoms with Gasteiger partial charge in [0.2, 0.25) is 0 Å². The molecule has 0 amide bonds. The number of pyridine rings is 1. The van der Waals surface area contributed by atoms with Crippen molar-refractivity contribution in [3.63, 3.8) is 0 Å². The van der Waals surface area contributed by atoms with Gasteiger partial charge in [0, 0.05) is 19.3 Å². The molecule has 4 unspecified atom stereocenters. The van der Waals surface area contributed by atoms with E-state index >= 15 is 0 Å². The Morgan fingerprint density at radius 3 is 2.80 bits per heavy atom. The molecule has 4 atom stereocenters.